The molecule has 2 N–H and O–H groups in total. The summed E-state index contributed by atoms with van der Waals surface area (Å²) in [7, 11) is 3.60. The van der Waals surface area contributed by atoms with Crippen LogP contribution in [0.2, 0.25) is 0 Å². The maximum atomic E-state index is 10.7. The van der Waals surface area contributed by atoms with Gasteiger partial charge in [-0.2, -0.15) is 0 Å². The van der Waals surface area contributed by atoms with E-state index in [-0.39, 0.29) is 5.91 Å². The standard InChI is InChI=1S/C6H8N2O.C5H7N/c1-7-6(9)5-3-2-4-8-5;1-6-4-2-3-5-6/h2-4,8H,1H3,(H,7,9);2-5H,1H3. The Balaban J connectivity index is 0.000000162. The van der Waals surface area contributed by atoms with E-state index >= 15 is 0 Å². The fourth-order valence-corrected chi connectivity index (χ4v) is 1.03. The summed E-state index contributed by atoms with van der Waals surface area (Å²) in [6.07, 6.45) is 5.71. The fourth-order valence-electron chi connectivity index (χ4n) is 1.03. The molecule has 4 heteroatoms. The maximum absolute atomic E-state index is 10.7. The number of aromatic amines is 1. The Labute approximate surface area is 88.9 Å². The number of aromatic nitrogens is 2. The molecule has 0 fully saturated rings. The number of nitrogens with one attached hydrogen (secondary N) is 2. The Hall–Kier alpha value is -1.97. The molecule has 1 amide bonds. The van der Waals surface area contributed by atoms with Gasteiger partial charge in [-0.1, -0.05) is 0 Å². The van der Waals surface area contributed by atoms with Crippen molar-refractivity contribution in [2.75, 3.05) is 7.05 Å². The van der Waals surface area contributed by atoms with E-state index in [9.17, 15) is 4.79 Å². The van der Waals surface area contributed by atoms with Gasteiger partial charge < -0.3 is 14.9 Å². The van der Waals surface area contributed by atoms with Crippen molar-refractivity contribution < 1.29 is 4.79 Å². The number of rotatable bonds is 1. The van der Waals surface area contributed by atoms with Crippen molar-refractivity contribution in [1.82, 2.24) is 14.9 Å². The highest BCUT2D eigenvalue weighted by molar-refractivity contribution is 5.92. The summed E-state index contributed by atoms with van der Waals surface area (Å²) in [4.78, 5) is 13.5. The zero-order valence-electron chi connectivity index (χ0n) is 8.90. The van der Waals surface area contributed by atoms with Crippen molar-refractivity contribution in [2.45, 2.75) is 0 Å². The lowest BCUT2D eigenvalue weighted by atomic mass is 10.4. The smallest absolute Gasteiger partial charge is 0.267 e. The van der Waals surface area contributed by atoms with E-state index in [2.05, 4.69) is 10.3 Å². The van der Waals surface area contributed by atoms with Crippen LogP contribution in [0.1, 0.15) is 10.5 Å². The highest BCUT2D eigenvalue weighted by Crippen LogP contribution is 1.91. The first-order valence-electron chi connectivity index (χ1n) is 4.66. The van der Waals surface area contributed by atoms with E-state index in [0.717, 1.165) is 0 Å². The summed E-state index contributed by atoms with van der Waals surface area (Å²) in [6, 6.07) is 7.50. The fraction of sp³-hybridized carbons (Fsp3) is 0.182. The molecule has 0 unspecified atom stereocenters. The lowest BCUT2D eigenvalue weighted by molar-refractivity contribution is 0.0959. The minimum Gasteiger partial charge on any atom is -0.357 e. The molecule has 2 heterocycles. The molecule has 0 bridgehead atoms. The molecule has 0 radical (unpaired) electrons. The van der Waals surface area contributed by atoms with Crippen molar-refractivity contribution >= 4 is 5.91 Å². The summed E-state index contributed by atoms with van der Waals surface area (Å²) in [5.74, 6) is -0.0833. The number of carbonyl (C=O) groups excluding carboxylic acids is 1. The first-order valence-corrected chi connectivity index (χ1v) is 4.66. The van der Waals surface area contributed by atoms with Crippen LogP contribution in [0.25, 0.3) is 0 Å². The number of amides is 1. The normalized spacial score (nSPS) is 8.93. The van der Waals surface area contributed by atoms with Gasteiger partial charge in [-0.3, -0.25) is 4.79 Å². The van der Waals surface area contributed by atoms with Crippen molar-refractivity contribution in [3.63, 3.8) is 0 Å². The second kappa shape index (κ2) is 5.70. The Bertz CT molecular complexity index is 376. The van der Waals surface area contributed by atoms with Crippen molar-refractivity contribution in [3.8, 4) is 0 Å². The predicted molar refractivity (Wildman–Crippen MR) is 59.6 cm³/mol. The molecule has 0 atom stereocenters. The van der Waals surface area contributed by atoms with Gasteiger partial charge in [-0.15, -0.1) is 0 Å². The number of H-pyrrole nitrogens is 1. The Morgan fingerprint density at radius 3 is 2.33 bits per heavy atom. The molecule has 15 heavy (non-hydrogen) atoms. The molecule has 0 aliphatic carbocycles. The highest BCUT2D eigenvalue weighted by atomic mass is 16.1. The van der Waals surface area contributed by atoms with Crippen molar-refractivity contribution in [3.05, 3.63) is 48.5 Å². The summed E-state index contributed by atoms with van der Waals surface area (Å²) in [5.41, 5.74) is 0.595. The molecule has 0 aliphatic rings. The van der Waals surface area contributed by atoms with Gasteiger partial charge in [0, 0.05) is 32.7 Å². The minimum atomic E-state index is -0.0833. The van der Waals surface area contributed by atoms with Gasteiger partial charge in [0.05, 0.1) is 0 Å². The van der Waals surface area contributed by atoms with E-state index < -0.39 is 0 Å². The molecule has 0 saturated carbocycles. The molecular weight excluding hydrogens is 190 g/mol. The number of carbonyl (C=O) groups is 1. The van der Waals surface area contributed by atoms with E-state index in [4.69, 9.17) is 0 Å². The monoisotopic (exact) mass is 205 g/mol. The van der Waals surface area contributed by atoms with Crippen LogP contribution in [0.3, 0.4) is 0 Å². The third-order valence-corrected chi connectivity index (χ3v) is 1.82. The molecule has 2 aromatic heterocycles. The molecular formula is C11H15N3O. The van der Waals surface area contributed by atoms with E-state index in [1.165, 1.54) is 0 Å². The third-order valence-electron chi connectivity index (χ3n) is 1.82. The van der Waals surface area contributed by atoms with Crippen molar-refractivity contribution in [1.29, 1.82) is 0 Å². The Morgan fingerprint density at radius 2 is 2.00 bits per heavy atom. The third kappa shape index (κ3) is 3.72. The summed E-state index contributed by atoms with van der Waals surface area (Å²) < 4.78 is 2.00. The van der Waals surface area contributed by atoms with E-state index in [0.29, 0.717) is 5.69 Å². The maximum Gasteiger partial charge on any atom is 0.267 e. The first-order chi connectivity index (χ1) is 7.24. The average molecular weight is 205 g/mol. The molecule has 2 aromatic rings. The van der Waals surface area contributed by atoms with Crippen LogP contribution < -0.4 is 5.32 Å². The summed E-state index contributed by atoms with van der Waals surface area (Å²) in [6.45, 7) is 0. The summed E-state index contributed by atoms with van der Waals surface area (Å²) >= 11 is 0. The van der Waals surface area contributed by atoms with Gasteiger partial charge in [0.2, 0.25) is 0 Å². The van der Waals surface area contributed by atoms with Crippen LogP contribution in [0, 0.1) is 0 Å². The van der Waals surface area contributed by atoms with Gasteiger partial charge in [-0.25, -0.2) is 0 Å². The lowest BCUT2D eigenvalue weighted by Gasteiger charge is -1.91. The van der Waals surface area contributed by atoms with Gasteiger partial charge in [0.15, 0.2) is 0 Å². The molecule has 0 spiro atoms. The van der Waals surface area contributed by atoms with E-state index in [1.807, 2.05) is 36.1 Å². The molecule has 4 nitrogen and oxygen atoms in total. The molecule has 0 saturated heterocycles. The highest BCUT2D eigenvalue weighted by Gasteiger charge is 1.99. The quantitative estimate of drug-likeness (QED) is 0.726. The van der Waals surface area contributed by atoms with Crippen LogP contribution >= 0.6 is 0 Å². The zero-order valence-corrected chi connectivity index (χ0v) is 8.90. The van der Waals surface area contributed by atoms with Crippen molar-refractivity contribution in [2.24, 2.45) is 7.05 Å². The molecule has 0 aromatic carbocycles. The van der Waals surface area contributed by atoms with Crippen LogP contribution in [0.5, 0.6) is 0 Å². The van der Waals surface area contributed by atoms with E-state index in [1.54, 1.807) is 25.4 Å². The molecule has 0 aliphatic heterocycles. The average Bonchev–Trinajstić information content (AvgIpc) is 2.89. The number of aryl methyl sites for hydroxylation is 1. The van der Waals surface area contributed by atoms with Crippen LogP contribution in [-0.2, 0) is 7.05 Å². The van der Waals surface area contributed by atoms with Gasteiger partial charge >= 0.3 is 0 Å². The van der Waals surface area contributed by atoms with Gasteiger partial charge in [0.25, 0.3) is 5.91 Å². The van der Waals surface area contributed by atoms with Crippen LogP contribution in [0.15, 0.2) is 42.9 Å². The minimum absolute atomic E-state index is 0.0833. The molecule has 2 rings (SSSR count). The molecule has 80 valence electrons. The lowest BCUT2D eigenvalue weighted by Crippen LogP contribution is -2.17. The van der Waals surface area contributed by atoms with Gasteiger partial charge in [-0.05, 0) is 24.3 Å². The Morgan fingerprint density at radius 1 is 1.33 bits per heavy atom. The summed E-state index contributed by atoms with van der Waals surface area (Å²) in [5, 5.41) is 2.50. The number of nitrogens with zero attached hydrogens (tertiary/aromatic N) is 1. The topological polar surface area (TPSA) is 49.8 Å². The number of hydrogen-bond acceptors (Lipinski definition) is 1. The SMILES string of the molecule is CNC(=O)c1ccc[nH]1.Cn1cccc1. The van der Waals surface area contributed by atoms with Crippen LogP contribution in [-0.4, -0.2) is 22.5 Å². The first kappa shape index (κ1) is 11.1. The van der Waals surface area contributed by atoms with Crippen LogP contribution in [0.4, 0.5) is 0 Å². The predicted octanol–water partition coefficient (Wildman–Crippen LogP) is 1.40. The largest absolute Gasteiger partial charge is 0.357 e. The second-order valence-corrected chi connectivity index (χ2v) is 3.01. The second-order valence-electron chi connectivity index (χ2n) is 3.01. The number of hydrogen-bond donors (Lipinski definition) is 2. The zero-order chi connectivity index (χ0) is 11.1. The van der Waals surface area contributed by atoms with Gasteiger partial charge in [0.1, 0.15) is 5.69 Å². The Kier molecular flexibility index (Phi) is 4.22.